The van der Waals surface area contributed by atoms with Gasteiger partial charge in [-0.2, -0.15) is 0 Å². The van der Waals surface area contributed by atoms with E-state index in [9.17, 15) is 8.42 Å². The number of rotatable bonds is 6. The molecule has 2 aliphatic heterocycles. The summed E-state index contributed by atoms with van der Waals surface area (Å²) in [5.74, 6) is 0.778. The summed E-state index contributed by atoms with van der Waals surface area (Å²) in [6.07, 6.45) is 4.55. The summed E-state index contributed by atoms with van der Waals surface area (Å²) in [6, 6.07) is 12.5. The van der Waals surface area contributed by atoms with Gasteiger partial charge >= 0.3 is 0 Å². The van der Waals surface area contributed by atoms with Gasteiger partial charge in [-0.3, -0.25) is 0 Å². The molecule has 0 aromatic heterocycles. The van der Waals surface area contributed by atoms with Crippen molar-refractivity contribution in [3.05, 3.63) is 66.2 Å². The molecule has 2 aromatic rings. The van der Waals surface area contributed by atoms with Crippen LogP contribution >= 0.6 is 0 Å². The van der Waals surface area contributed by atoms with Crippen LogP contribution in [0.1, 0.15) is 36.4 Å². The predicted octanol–water partition coefficient (Wildman–Crippen LogP) is 3.95. The second kappa shape index (κ2) is 6.94. The van der Waals surface area contributed by atoms with Gasteiger partial charge in [0.1, 0.15) is 5.75 Å². The van der Waals surface area contributed by atoms with Crippen LogP contribution in [0.15, 0.2) is 60.0 Å². The number of nitrogens with zero attached hydrogens (tertiary/aromatic N) is 1. The first kappa shape index (κ1) is 19.0. The molecule has 0 unspecified atom stereocenters. The quantitative estimate of drug-likeness (QED) is 0.749. The lowest BCUT2D eigenvalue weighted by atomic mass is 9.84. The lowest BCUT2D eigenvalue weighted by Gasteiger charge is -2.38. The van der Waals surface area contributed by atoms with Crippen LogP contribution in [0, 0.1) is 6.92 Å². The van der Waals surface area contributed by atoms with E-state index in [1.807, 2.05) is 43.3 Å². The summed E-state index contributed by atoms with van der Waals surface area (Å²) in [7, 11) is -2.01. The second-order valence-corrected chi connectivity index (χ2v) is 9.36. The molecule has 2 aromatic carbocycles. The smallest absolute Gasteiger partial charge is 0.241 e. The molecule has 0 aliphatic carbocycles. The Kier molecular flexibility index (Phi) is 4.71. The van der Waals surface area contributed by atoms with Crippen molar-refractivity contribution >= 4 is 15.7 Å². The minimum Gasteiger partial charge on any atom is -0.497 e. The molecule has 2 aliphatic rings. The SMILES string of the molecule is C=CC[C@@]12CCCN1c1cc(OC)ccc1[C@H]2NS(=O)(=O)c1ccc(C)cc1. The van der Waals surface area contributed by atoms with E-state index < -0.39 is 10.0 Å². The molecule has 4 rings (SSSR count). The predicted molar refractivity (Wildman–Crippen MR) is 111 cm³/mol. The van der Waals surface area contributed by atoms with E-state index in [4.69, 9.17) is 4.74 Å². The number of fused-ring (bicyclic) bond motifs is 3. The molecule has 148 valence electrons. The molecule has 6 heteroatoms. The van der Waals surface area contributed by atoms with E-state index in [-0.39, 0.29) is 11.6 Å². The summed E-state index contributed by atoms with van der Waals surface area (Å²) in [5, 5.41) is 0. The number of nitrogens with one attached hydrogen (secondary N) is 1. The van der Waals surface area contributed by atoms with Crippen LogP contribution in [0.5, 0.6) is 5.75 Å². The molecule has 0 saturated carbocycles. The van der Waals surface area contributed by atoms with E-state index in [0.717, 1.165) is 42.0 Å². The van der Waals surface area contributed by atoms with Crippen molar-refractivity contribution < 1.29 is 13.2 Å². The molecule has 1 N–H and O–H groups in total. The first-order chi connectivity index (χ1) is 13.4. The molecule has 1 saturated heterocycles. The van der Waals surface area contributed by atoms with Crippen LogP contribution in [0.2, 0.25) is 0 Å². The number of benzene rings is 2. The topological polar surface area (TPSA) is 58.6 Å². The standard InChI is InChI=1S/C22H26N2O3S/c1-4-12-22-13-5-14-24(22)20-15-17(27-3)8-11-19(20)21(22)23-28(25,26)18-9-6-16(2)7-10-18/h4,6-11,15,21,23H,1,5,12-14H2,2-3H3/t21-,22+/m1/s1. The Hall–Kier alpha value is -2.31. The highest BCUT2D eigenvalue weighted by atomic mass is 32.2. The van der Waals surface area contributed by atoms with Gasteiger partial charge in [-0.25, -0.2) is 13.1 Å². The van der Waals surface area contributed by atoms with Crippen molar-refractivity contribution in [2.24, 2.45) is 0 Å². The number of anilines is 1. The first-order valence-electron chi connectivity index (χ1n) is 9.57. The fourth-order valence-corrected chi connectivity index (χ4v) is 5.96. The van der Waals surface area contributed by atoms with Crippen molar-refractivity contribution in [2.75, 3.05) is 18.6 Å². The van der Waals surface area contributed by atoms with Crippen molar-refractivity contribution in [1.29, 1.82) is 0 Å². The number of ether oxygens (including phenoxy) is 1. The normalized spacial score (nSPS) is 23.4. The average Bonchev–Trinajstić information content (AvgIpc) is 3.19. The van der Waals surface area contributed by atoms with Crippen LogP contribution in [0.25, 0.3) is 0 Å². The number of methoxy groups -OCH3 is 1. The molecule has 1 fully saturated rings. The molecule has 2 heterocycles. The molecular weight excluding hydrogens is 372 g/mol. The molecule has 0 spiro atoms. The van der Waals surface area contributed by atoms with Gasteiger partial charge in [0.15, 0.2) is 0 Å². The van der Waals surface area contributed by atoms with E-state index in [2.05, 4.69) is 16.2 Å². The van der Waals surface area contributed by atoms with E-state index in [1.165, 1.54) is 0 Å². The first-order valence-corrected chi connectivity index (χ1v) is 11.0. The summed E-state index contributed by atoms with van der Waals surface area (Å²) < 4.78 is 34.8. The molecule has 5 nitrogen and oxygen atoms in total. The highest BCUT2D eigenvalue weighted by Crippen LogP contribution is 2.54. The third kappa shape index (κ3) is 2.91. The van der Waals surface area contributed by atoms with Gasteiger partial charge in [-0.15, -0.1) is 6.58 Å². The Morgan fingerprint density at radius 3 is 2.71 bits per heavy atom. The Bertz CT molecular complexity index is 1000. The fraction of sp³-hybridized carbons (Fsp3) is 0.364. The van der Waals surface area contributed by atoms with Gasteiger partial charge in [0.25, 0.3) is 0 Å². The highest BCUT2D eigenvalue weighted by molar-refractivity contribution is 7.89. The third-order valence-corrected chi connectivity index (χ3v) is 7.45. The Labute approximate surface area is 167 Å². The minimum atomic E-state index is -3.66. The summed E-state index contributed by atoms with van der Waals surface area (Å²) in [4.78, 5) is 2.63. The summed E-state index contributed by atoms with van der Waals surface area (Å²) in [5.41, 5.74) is 2.75. The molecule has 2 atom stereocenters. The van der Waals surface area contributed by atoms with Gasteiger partial charge in [0.2, 0.25) is 10.0 Å². The van der Waals surface area contributed by atoms with Crippen LogP contribution in [-0.4, -0.2) is 27.6 Å². The number of sulfonamides is 1. The van der Waals surface area contributed by atoms with Crippen LogP contribution in [0.4, 0.5) is 5.69 Å². The maximum atomic E-state index is 13.2. The number of hydrogen-bond donors (Lipinski definition) is 1. The summed E-state index contributed by atoms with van der Waals surface area (Å²) in [6.45, 7) is 6.79. The molecular formula is C22H26N2O3S. The molecule has 0 bridgehead atoms. The zero-order chi connectivity index (χ0) is 19.9. The van der Waals surface area contributed by atoms with Crippen molar-refractivity contribution in [2.45, 2.75) is 42.7 Å². The Morgan fingerprint density at radius 2 is 2.04 bits per heavy atom. The average molecular weight is 399 g/mol. The van der Waals surface area contributed by atoms with Crippen molar-refractivity contribution in [3.8, 4) is 5.75 Å². The molecule has 28 heavy (non-hydrogen) atoms. The zero-order valence-electron chi connectivity index (χ0n) is 16.3. The van der Waals surface area contributed by atoms with Crippen molar-refractivity contribution in [3.63, 3.8) is 0 Å². The van der Waals surface area contributed by atoms with E-state index >= 15 is 0 Å². The molecule has 0 radical (unpaired) electrons. The van der Waals surface area contributed by atoms with Gasteiger partial charge in [-0.05, 0) is 49.9 Å². The Morgan fingerprint density at radius 1 is 1.29 bits per heavy atom. The lowest BCUT2D eigenvalue weighted by molar-refractivity contribution is 0.354. The largest absolute Gasteiger partial charge is 0.497 e. The van der Waals surface area contributed by atoms with Crippen molar-refractivity contribution in [1.82, 2.24) is 4.72 Å². The van der Waals surface area contributed by atoms with Crippen LogP contribution in [0.3, 0.4) is 0 Å². The van der Waals surface area contributed by atoms with E-state index in [1.54, 1.807) is 19.2 Å². The van der Waals surface area contributed by atoms with Gasteiger partial charge in [0.05, 0.1) is 23.6 Å². The second-order valence-electron chi connectivity index (χ2n) is 7.64. The van der Waals surface area contributed by atoms with Gasteiger partial charge in [-0.1, -0.05) is 29.8 Å². The summed E-state index contributed by atoms with van der Waals surface area (Å²) >= 11 is 0. The van der Waals surface area contributed by atoms with Crippen LogP contribution in [-0.2, 0) is 10.0 Å². The maximum Gasteiger partial charge on any atom is 0.241 e. The van der Waals surface area contributed by atoms with Gasteiger partial charge in [0, 0.05) is 18.3 Å². The number of aryl methyl sites for hydroxylation is 1. The third-order valence-electron chi connectivity index (χ3n) is 6.01. The fourth-order valence-electron chi connectivity index (χ4n) is 4.67. The Balaban J connectivity index is 1.79. The minimum absolute atomic E-state index is 0.290. The van der Waals surface area contributed by atoms with Gasteiger partial charge < -0.3 is 9.64 Å². The zero-order valence-corrected chi connectivity index (χ0v) is 17.1. The number of hydrogen-bond acceptors (Lipinski definition) is 4. The molecule has 0 amide bonds. The monoisotopic (exact) mass is 398 g/mol. The lowest BCUT2D eigenvalue weighted by Crippen LogP contribution is -2.49. The van der Waals surface area contributed by atoms with Crippen LogP contribution < -0.4 is 14.4 Å². The maximum absolute atomic E-state index is 13.2. The van der Waals surface area contributed by atoms with E-state index in [0.29, 0.717) is 11.3 Å². The highest BCUT2D eigenvalue weighted by Gasteiger charge is 2.54.